The number of hydrogen-bond donors (Lipinski definition) is 0. The molecular weight excluding hydrogens is 845 g/mol. The molecule has 0 atom stereocenters. The molecule has 3 aromatic heterocycles. The first-order chi connectivity index (χ1) is 24.2. The van der Waals surface area contributed by atoms with Crippen molar-refractivity contribution in [1.29, 1.82) is 0 Å². The molecule has 7 rings (SSSR count). The summed E-state index contributed by atoms with van der Waals surface area (Å²) in [6.45, 7) is 20.6. The van der Waals surface area contributed by atoms with Crippen LogP contribution in [0.25, 0.3) is 42.7 Å². The Kier molecular flexibility index (Phi) is 12.5. The van der Waals surface area contributed by atoms with Gasteiger partial charge in [0.05, 0.1) is 8.07 Å². The summed E-state index contributed by atoms with van der Waals surface area (Å²) in [6.07, 6.45) is 6.04. The Morgan fingerprint density at radius 3 is 2.12 bits per heavy atom. The maximum absolute atomic E-state index is 4.75. The van der Waals surface area contributed by atoms with Crippen molar-refractivity contribution in [2.75, 3.05) is 0 Å². The molecule has 2 nitrogen and oxygen atoms in total. The summed E-state index contributed by atoms with van der Waals surface area (Å²) in [5.41, 5.74) is 11.1. The summed E-state index contributed by atoms with van der Waals surface area (Å²) < 4.78 is 2.63. The number of pyridine rings is 2. The standard InChI is InChI=1S/C25H26NS.C22H24NSi.Ir/c1-16(2)18-6-8-23-20(13-18)21-14-19(7-9-24(21)27-23)22-12-17(10-11-26-22)15-25(3,4)5;1-17-10-12-19(13-11-17)21-15-20(14-18-8-6-5-7-9-18)22(16-23-21)24(2,3)4;/h6,8-14,16H,15H2,1-5H3;5-12,15-16H,14H2,1-4H3;/q2*-1;. The van der Waals surface area contributed by atoms with Gasteiger partial charge in [-0.25, -0.2) is 0 Å². The molecule has 0 N–H and O–H groups in total. The van der Waals surface area contributed by atoms with Crippen LogP contribution < -0.4 is 5.19 Å². The molecule has 0 bridgehead atoms. The van der Waals surface area contributed by atoms with Crippen LogP contribution in [0.15, 0.2) is 109 Å². The van der Waals surface area contributed by atoms with Crippen LogP contribution in [-0.4, -0.2) is 18.0 Å². The molecule has 0 saturated carbocycles. The number of hydrogen-bond acceptors (Lipinski definition) is 3. The van der Waals surface area contributed by atoms with E-state index in [0.717, 1.165) is 35.4 Å². The van der Waals surface area contributed by atoms with E-state index in [1.165, 1.54) is 53.2 Å². The molecule has 0 unspecified atom stereocenters. The summed E-state index contributed by atoms with van der Waals surface area (Å²) in [6, 6.07) is 41.6. The van der Waals surface area contributed by atoms with Crippen LogP contribution in [0, 0.1) is 24.5 Å². The van der Waals surface area contributed by atoms with Gasteiger partial charge in [-0.15, -0.1) is 59.2 Å². The van der Waals surface area contributed by atoms with E-state index in [4.69, 9.17) is 4.98 Å². The molecule has 4 aromatic carbocycles. The summed E-state index contributed by atoms with van der Waals surface area (Å²) >= 11 is 1.85. The van der Waals surface area contributed by atoms with Gasteiger partial charge in [-0.3, -0.25) is 0 Å². The molecule has 7 aromatic rings. The number of benzene rings is 4. The van der Waals surface area contributed by atoms with E-state index in [0.29, 0.717) is 5.92 Å². The van der Waals surface area contributed by atoms with E-state index in [-0.39, 0.29) is 25.5 Å². The Labute approximate surface area is 330 Å². The second-order valence-corrected chi connectivity index (χ2v) is 22.5. The van der Waals surface area contributed by atoms with Crippen molar-refractivity contribution < 1.29 is 20.1 Å². The van der Waals surface area contributed by atoms with Crippen molar-refractivity contribution in [2.45, 2.75) is 79.9 Å². The quantitative estimate of drug-likeness (QED) is 0.118. The maximum atomic E-state index is 4.75. The van der Waals surface area contributed by atoms with E-state index in [9.17, 15) is 0 Å². The molecule has 0 saturated heterocycles. The summed E-state index contributed by atoms with van der Waals surface area (Å²) in [7, 11) is -1.44. The van der Waals surface area contributed by atoms with Crippen molar-refractivity contribution in [2.24, 2.45) is 5.41 Å². The molecular formula is C47H50IrN2SSi-2. The predicted octanol–water partition coefficient (Wildman–Crippen LogP) is 12.6. The predicted molar refractivity (Wildman–Crippen MR) is 224 cm³/mol. The summed E-state index contributed by atoms with van der Waals surface area (Å²) in [4.78, 5) is 9.38. The van der Waals surface area contributed by atoms with Crippen LogP contribution in [0.2, 0.25) is 19.6 Å². The number of fused-ring (bicyclic) bond motifs is 3. The van der Waals surface area contributed by atoms with Crippen LogP contribution in [0.5, 0.6) is 0 Å². The first kappa shape index (κ1) is 39.5. The Morgan fingerprint density at radius 2 is 1.44 bits per heavy atom. The third kappa shape index (κ3) is 9.82. The minimum Gasteiger partial charge on any atom is -0.305 e. The van der Waals surface area contributed by atoms with Gasteiger partial charge in [0.15, 0.2) is 0 Å². The summed E-state index contributed by atoms with van der Waals surface area (Å²) in [5.74, 6) is 0.537. The topological polar surface area (TPSA) is 25.8 Å². The van der Waals surface area contributed by atoms with Gasteiger partial charge in [0.25, 0.3) is 0 Å². The fraction of sp³-hybridized carbons (Fsp3) is 0.277. The average Bonchev–Trinajstić information content (AvgIpc) is 3.45. The van der Waals surface area contributed by atoms with Crippen molar-refractivity contribution in [3.63, 3.8) is 0 Å². The van der Waals surface area contributed by atoms with Crippen LogP contribution in [0.3, 0.4) is 0 Å². The van der Waals surface area contributed by atoms with Gasteiger partial charge in [0.1, 0.15) is 0 Å². The van der Waals surface area contributed by atoms with Gasteiger partial charge in [-0.2, -0.15) is 11.3 Å². The van der Waals surface area contributed by atoms with Gasteiger partial charge < -0.3 is 9.97 Å². The van der Waals surface area contributed by atoms with Gasteiger partial charge in [0, 0.05) is 37.2 Å². The van der Waals surface area contributed by atoms with Gasteiger partial charge in [-0.1, -0.05) is 132 Å². The number of aryl methyl sites for hydroxylation is 1. The van der Waals surface area contributed by atoms with Crippen LogP contribution in [0.4, 0.5) is 0 Å². The number of nitrogens with zero attached hydrogens (tertiary/aromatic N) is 2. The van der Waals surface area contributed by atoms with Crippen molar-refractivity contribution in [3.8, 4) is 22.5 Å². The molecule has 0 spiro atoms. The molecule has 3 heterocycles. The monoisotopic (exact) mass is 895 g/mol. The zero-order valence-electron chi connectivity index (χ0n) is 32.0. The van der Waals surface area contributed by atoms with E-state index in [1.54, 1.807) is 0 Å². The Hall–Kier alpha value is -3.73. The second kappa shape index (κ2) is 16.5. The second-order valence-electron chi connectivity index (χ2n) is 16.3. The molecule has 269 valence electrons. The third-order valence-corrected chi connectivity index (χ3v) is 12.4. The molecule has 0 aliphatic rings. The summed E-state index contributed by atoms with van der Waals surface area (Å²) in [5, 5.41) is 4.11. The first-order valence-corrected chi connectivity index (χ1v) is 22.4. The van der Waals surface area contributed by atoms with Crippen molar-refractivity contribution >= 4 is 44.8 Å². The SMILES string of the molecule is CC(C)c1ccc2sc3c[c-]c(-c4cc(CC(C)(C)C)ccn4)cc3c2c1.Cc1c[c-]c(-c2cc(Cc3ccccc3)c([Si](C)(C)C)cn2)cc1.[Ir]. The number of thiophene rings is 1. The fourth-order valence-corrected chi connectivity index (χ4v) is 9.16. The normalized spacial score (nSPS) is 11.7. The smallest absolute Gasteiger partial charge is 0.0799 e. The van der Waals surface area contributed by atoms with Gasteiger partial charge in [0.2, 0.25) is 0 Å². The fourth-order valence-electron chi connectivity index (χ4n) is 6.53. The molecule has 0 fully saturated rings. The third-order valence-electron chi connectivity index (χ3n) is 9.21. The Bertz CT molecular complexity index is 2260. The van der Waals surface area contributed by atoms with Gasteiger partial charge >= 0.3 is 0 Å². The van der Waals surface area contributed by atoms with Crippen LogP contribution in [-0.2, 0) is 32.9 Å². The minimum absolute atomic E-state index is 0. The average molecular weight is 895 g/mol. The zero-order valence-corrected chi connectivity index (χ0v) is 36.2. The van der Waals surface area contributed by atoms with E-state index >= 15 is 0 Å². The molecule has 52 heavy (non-hydrogen) atoms. The van der Waals surface area contributed by atoms with E-state index in [1.807, 2.05) is 23.6 Å². The Morgan fingerprint density at radius 1 is 0.731 bits per heavy atom. The van der Waals surface area contributed by atoms with Crippen molar-refractivity contribution in [1.82, 2.24) is 9.97 Å². The van der Waals surface area contributed by atoms with Crippen LogP contribution >= 0.6 is 11.3 Å². The molecule has 1 radical (unpaired) electrons. The largest absolute Gasteiger partial charge is 0.305 e. The van der Waals surface area contributed by atoms with Crippen LogP contribution in [0.1, 0.15) is 68.4 Å². The number of rotatable bonds is 7. The van der Waals surface area contributed by atoms with Crippen molar-refractivity contribution in [3.05, 3.63) is 149 Å². The maximum Gasteiger partial charge on any atom is 0.0799 e. The molecule has 5 heteroatoms. The molecule has 0 aliphatic carbocycles. The van der Waals surface area contributed by atoms with E-state index in [2.05, 4.69) is 175 Å². The minimum atomic E-state index is -1.44. The van der Waals surface area contributed by atoms with Gasteiger partial charge in [-0.05, 0) is 74.1 Å². The molecule has 0 aliphatic heterocycles. The molecule has 0 amide bonds. The first-order valence-electron chi connectivity index (χ1n) is 18.1. The Balaban J connectivity index is 0.000000199. The zero-order chi connectivity index (χ0) is 36.3. The number of aromatic nitrogens is 2. The van der Waals surface area contributed by atoms with E-state index < -0.39 is 8.07 Å².